The van der Waals surface area contributed by atoms with Crippen molar-refractivity contribution in [1.82, 2.24) is 4.31 Å². The zero-order valence-electron chi connectivity index (χ0n) is 8.89. The van der Waals surface area contributed by atoms with Crippen molar-refractivity contribution in [3.8, 4) is 0 Å². The largest absolute Gasteiger partial charge is 0.396 e. The van der Waals surface area contributed by atoms with Crippen LogP contribution in [0.1, 0.15) is 19.3 Å². The summed E-state index contributed by atoms with van der Waals surface area (Å²) in [5, 5.41) is 8.61. The monoisotopic (exact) mass is 253 g/mol. The van der Waals surface area contributed by atoms with Crippen LogP contribution < -0.4 is 0 Å². The van der Waals surface area contributed by atoms with Crippen molar-refractivity contribution in [3.63, 3.8) is 0 Å². The van der Waals surface area contributed by atoms with Crippen molar-refractivity contribution in [3.05, 3.63) is 0 Å². The summed E-state index contributed by atoms with van der Waals surface area (Å²) >= 11 is 1.82. The molecule has 0 aromatic rings. The van der Waals surface area contributed by atoms with Crippen LogP contribution >= 0.6 is 11.8 Å². The molecule has 1 N–H and O–H groups in total. The molecule has 0 aromatic carbocycles. The van der Waals surface area contributed by atoms with Gasteiger partial charge in [-0.2, -0.15) is 11.8 Å². The van der Waals surface area contributed by atoms with Crippen LogP contribution in [0.2, 0.25) is 0 Å². The molecule has 0 saturated carbocycles. The summed E-state index contributed by atoms with van der Waals surface area (Å²) in [6.07, 6.45) is 2.08. The maximum absolute atomic E-state index is 11.8. The van der Waals surface area contributed by atoms with Gasteiger partial charge in [-0.05, 0) is 25.0 Å². The Kier molecular flexibility index (Phi) is 5.96. The van der Waals surface area contributed by atoms with Crippen LogP contribution in [0.4, 0.5) is 0 Å². The molecule has 90 valence electrons. The standard InChI is InChI=1S/C9H19NO3S2/c11-6-1-2-9-15(12,13)10-4-3-7-14-8-5-10/h11H,1-9H2. The molecule has 1 heterocycles. The lowest BCUT2D eigenvalue weighted by atomic mass is 10.4. The fraction of sp³-hybridized carbons (Fsp3) is 1.00. The van der Waals surface area contributed by atoms with Gasteiger partial charge in [0.05, 0.1) is 5.75 Å². The second-order valence-electron chi connectivity index (χ2n) is 3.61. The molecule has 6 heteroatoms. The van der Waals surface area contributed by atoms with E-state index in [0.29, 0.717) is 25.9 Å². The van der Waals surface area contributed by atoms with E-state index in [0.717, 1.165) is 17.9 Å². The minimum absolute atomic E-state index is 0.0748. The number of nitrogens with zero attached hydrogens (tertiary/aromatic N) is 1. The SMILES string of the molecule is O=S(=O)(CCCCO)N1CCCSCC1. The third-order valence-corrected chi connectivity index (χ3v) is 5.39. The minimum atomic E-state index is -3.07. The normalized spacial score (nSPS) is 20.1. The van der Waals surface area contributed by atoms with E-state index in [1.165, 1.54) is 0 Å². The third kappa shape index (κ3) is 4.72. The molecule has 0 unspecified atom stereocenters. The average Bonchev–Trinajstić information content (AvgIpc) is 2.46. The highest BCUT2D eigenvalue weighted by Crippen LogP contribution is 2.14. The number of rotatable bonds is 5. The molecular weight excluding hydrogens is 234 g/mol. The fourth-order valence-corrected chi connectivity index (χ4v) is 4.13. The van der Waals surface area contributed by atoms with E-state index in [9.17, 15) is 8.42 Å². The first kappa shape index (κ1) is 13.3. The second kappa shape index (κ2) is 6.73. The number of hydrogen-bond acceptors (Lipinski definition) is 4. The van der Waals surface area contributed by atoms with Crippen LogP contribution in [0.3, 0.4) is 0 Å². The van der Waals surface area contributed by atoms with Crippen LogP contribution in [0, 0.1) is 0 Å². The highest BCUT2D eigenvalue weighted by molar-refractivity contribution is 7.99. The Bertz CT molecular complexity index is 259. The summed E-state index contributed by atoms with van der Waals surface area (Å²) in [5.74, 6) is 2.14. The minimum Gasteiger partial charge on any atom is -0.396 e. The van der Waals surface area contributed by atoms with Crippen molar-refractivity contribution in [2.75, 3.05) is 37.0 Å². The maximum atomic E-state index is 11.8. The van der Waals surface area contributed by atoms with Gasteiger partial charge in [0.2, 0.25) is 10.0 Å². The van der Waals surface area contributed by atoms with Gasteiger partial charge in [0.1, 0.15) is 0 Å². The molecule has 1 aliphatic heterocycles. The summed E-state index contributed by atoms with van der Waals surface area (Å²) < 4.78 is 25.3. The zero-order valence-corrected chi connectivity index (χ0v) is 10.5. The van der Waals surface area contributed by atoms with Gasteiger partial charge in [0, 0.05) is 25.4 Å². The first-order valence-corrected chi connectivity index (χ1v) is 8.09. The van der Waals surface area contributed by atoms with Gasteiger partial charge < -0.3 is 5.11 Å². The third-order valence-electron chi connectivity index (χ3n) is 2.39. The number of hydrogen-bond donors (Lipinski definition) is 1. The summed E-state index contributed by atoms with van der Waals surface area (Å²) in [7, 11) is -3.07. The van der Waals surface area contributed by atoms with E-state index in [-0.39, 0.29) is 12.4 Å². The Morgan fingerprint density at radius 1 is 1.20 bits per heavy atom. The molecular formula is C9H19NO3S2. The molecule has 1 rings (SSSR count). The predicted molar refractivity (Wildman–Crippen MR) is 63.6 cm³/mol. The molecule has 4 nitrogen and oxygen atoms in total. The fourth-order valence-electron chi connectivity index (χ4n) is 1.53. The van der Waals surface area contributed by atoms with Crippen LogP contribution in [-0.4, -0.2) is 54.8 Å². The van der Waals surface area contributed by atoms with E-state index in [1.54, 1.807) is 4.31 Å². The average molecular weight is 253 g/mol. The number of unbranched alkanes of at least 4 members (excludes halogenated alkanes) is 1. The molecule has 0 atom stereocenters. The van der Waals surface area contributed by atoms with E-state index in [1.807, 2.05) is 11.8 Å². The Labute approximate surface area is 96.1 Å². The summed E-state index contributed by atoms with van der Waals surface area (Å²) in [6.45, 7) is 1.38. The first-order chi connectivity index (χ1) is 7.17. The van der Waals surface area contributed by atoms with Gasteiger partial charge >= 0.3 is 0 Å². The topological polar surface area (TPSA) is 57.6 Å². The lowest BCUT2D eigenvalue weighted by Gasteiger charge is -2.19. The summed E-state index contributed by atoms with van der Waals surface area (Å²) in [5.41, 5.74) is 0. The van der Waals surface area contributed by atoms with Gasteiger partial charge in [0.25, 0.3) is 0 Å². The van der Waals surface area contributed by atoms with Crippen LogP contribution in [0.25, 0.3) is 0 Å². The number of sulfonamides is 1. The number of aliphatic hydroxyl groups is 1. The second-order valence-corrected chi connectivity index (χ2v) is 6.92. The molecule has 1 aliphatic rings. The van der Waals surface area contributed by atoms with Crippen LogP contribution in [0.15, 0.2) is 0 Å². The van der Waals surface area contributed by atoms with Gasteiger partial charge in [-0.3, -0.25) is 0 Å². The first-order valence-electron chi connectivity index (χ1n) is 5.33. The van der Waals surface area contributed by atoms with Gasteiger partial charge in [0.15, 0.2) is 0 Å². The number of thioether (sulfide) groups is 1. The number of aliphatic hydroxyl groups excluding tert-OH is 1. The molecule has 1 fully saturated rings. The quantitative estimate of drug-likeness (QED) is 0.726. The van der Waals surface area contributed by atoms with Crippen molar-refractivity contribution in [1.29, 1.82) is 0 Å². The molecule has 0 aromatic heterocycles. The van der Waals surface area contributed by atoms with E-state index in [2.05, 4.69) is 0 Å². The van der Waals surface area contributed by atoms with Crippen LogP contribution in [0.5, 0.6) is 0 Å². The van der Waals surface area contributed by atoms with Crippen molar-refractivity contribution >= 4 is 21.8 Å². The van der Waals surface area contributed by atoms with Gasteiger partial charge in [-0.1, -0.05) is 0 Å². The van der Waals surface area contributed by atoms with Crippen LogP contribution in [-0.2, 0) is 10.0 Å². The molecule has 0 amide bonds. The highest BCUT2D eigenvalue weighted by atomic mass is 32.2. The van der Waals surface area contributed by atoms with Crippen molar-refractivity contribution in [2.24, 2.45) is 0 Å². The molecule has 15 heavy (non-hydrogen) atoms. The molecule has 0 spiro atoms. The molecule has 0 bridgehead atoms. The Hall–Kier alpha value is 0.220. The molecule has 0 aliphatic carbocycles. The molecule has 0 radical (unpaired) electrons. The predicted octanol–water partition coefficient (Wildman–Crippen LogP) is 0.528. The molecule has 1 saturated heterocycles. The lowest BCUT2D eigenvalue weighted by molar-refractivity contribution is 0.287. The van der Waals surface area contributed by atoms with Crippen molar-refractivity contribution < 1.29 is 13.5 Å². The smallest absolute Gasteiger partial charge is 0.214 e. The van der Waals surface area contributed by atoms with Gasteiger partial charge in [-0.15, -0.1) is 0 Å². The Morgan fingerprint density at radius 3 is 2.73 bits per heavy atom. The van der Waals surface area contributed by atoms with E-state index < -0.39 is 10.0 Å². The highest BCUT2D eigenvalue weighted by Gasteiger charge is 2.22. The van der Waals surface area contributed by atoms with E-state index in [4.69, 9.17) is 5.11 Å². The van der Waals surface area contributed by atoms with E-state index >= 15 is 0 Å². The summed E-state index contributed by atoms with van der Waals surface area (Å²) in [6, 6.07) is 0. The Balaban J connectivity index is 2.43. The van der Waals surface area contributed by atoms with Crippen molar-refractivity contribution in [2.45, 2.75) is 19.3 Å². The van der Waals surface area contributed by atoms with Gasteiger partial charge in [-0.25, -0.2) is 12.7 Å². The lowest BCUT2D eigenvalue weighted by Crippen LogP contribution is -2.34. The zero-order chi connectivity index (χ0) is 11.1. The Morgan fingerprint density at radius 2 is 2.00 bits per heavy atom. The maximum Gasteiger partial charge on any atom is 0.214 e. The summed E-state index contributed by atoms with van der Waals surface area (Å²) in [4.78, 5) is 0.